The maximum Gasteiger partial charge on any atom is 0.176 e. The van der Waals surface area contributed by atoms with Gasteiger partial charge in [-0.05, 0) is 15.9 Å². The van der Waals surface area contributed by atoms with Crippen molar-refractivity contribution in [3.8, 4) is 0 Å². The van der Waals surface area contributed by atoms with Crippen molar-refractivity contribution < 1.29 is 4.89 Å². The number of hydrogen-bond acceptors (Lipinski definition) is 2. The van der Waals surface area contributed by atoms with Crippen LogP contribution >= 0.6 is 23.4 Å². The summed E-state index contributed by atoms with van der Waals surface area (Å²) in [4.78, 5) is 9.52. The van der Waals surface area contributed by atoms with Crippen molar-refractivity contribution in [1.29, 1.82) is 0 Å². The minimum Gasteiger partial charge on any atom is -0.250 e. The Balaban J connectivity index is 2.65. The largest absolute Gasteiger partial charge is 0.250 e. The normalized spacial score (nSPS) is 12.0. The molecule has 0 fully saturated rings. The molecule has 3 nitrogen and oxygen atoms in total. The van der Waals surface area contributed by atoms with Gasteiger partial charge in [0.2, 0.25) is 0 Å². The molecule has 0 saturated heterocycles. The van der Waals surface area contributed by atoms with E-state index < -0.39 is 7.49 Å². The lowest BCUT2D eigenvalue weighted by Gasteiger charge is -2.07. The maximum atomic E-state index is 9.52. The average molecular weight is 238 g/mol. The van der Waals surface area contributed by atoms with Crippen LogP contribution in [0.1, 0.15) is 0 Å². The third-order valence-corrected chi connectivity index (χ3v) is 2.48. The molecule has 0 amide bonds. The van der Waals surface area contributed by atoms with E-state index in [0.29, 0.717) is 6.29 Å². The van der Waals surface area contributed by atoms with Crippen LogP contribution in [0, 0.1) is 0 Å². The van der Waals surface area contributed by atoms with Gasteiger partial charge >= 0.3 is 0 Å². The van der Waals surface area contributed by atoms with E-state index in [1.54, 1.807) is 10.9 Å². The highest BCUT2D eigenvalue weighted by atomic mass is 79.9. The van der Waals surface area contributed by atoms with Gasteiger partial charge in [-0.2, -0.15) is 5.10 Å². The summed E-state index contributed by atoms with van der Waals surface area (Å²) >= 11 is 3.29. The Morgan fingerprint density at radius 2 is 2.36 bits per heavy atom. The minimum absolute atomic E-state index is 0.624. The Hall–Kier alpha value is 0.0800. The molecule has 1 rings (SSSR count). The molecule has 5 heteroatoms. The first kappa shape index (κ1) is 9.17. The summed E-state index contributed by atoms with van der Waals surface area (Å²) in [5, 5.41) is 4.04. The van der Waals surface area contributed by atoms with Crippen LogP contribution in [0.25, 0.3) is 0 Å². The Morgan fingerprint density at radius 3 is 2.73 bits per heavy atom. The SMILES string of the molecule is C[P+](C)(O)Cn1cc(Br)cn1. The van der Waals surface area contributed by atoms with Crippen LogP contribution in [-0.4, -0.2) is 28.0 Å². The van der Waals surface area contributed by atoms with Gasteiger partial charge in [0.05, 0.1) is 24.0 Å². The highest BCUT2D eigenvalue weighted by Crippen LogP contribution is 2.47. The Kier molecular flexibility index (Phi) is 2.68. The molecule has 62 valence electrons. The summed E-state index contributed by atoms with van der Waals surface area (Å²) < 4.78 is 2.70. The second-order valence-corrected chi connectivity index (χ2v) is 7.40. The first-order chi connectivity index (χ1) is 4.97. The van der Waals surface area contributed by atoms with Crippen LogP contribution < -0.4 is 0 Å². The van der Waals surface area contributed by atoms with Gasteiger partial charge in [0, 0.05) is 6.20 Å². The molecule has 0 saturated carbocycles. The molecule has 1 aromatic rings. The zero-order valence-corrected chi connectivity index (χ0v) is 9.01. The van der Waals surface area contributed by atoms with Crippen LogP contribution in [0.3, 0.4) is 0 Å². The molecule has 0 aromatic carbocycles. The average Bonchev–Trinajstić information content (AvgIpc) is 2.10. The monoisotopic (exact) mass is 237 g/mol. The van der Waals surface area contributed by atoms with Crippen molar-refractivity contribution in [3.05, 3.63) is 16.9 Å². The summed E-state index contributed by atoms with van der Waals surface area (Å²) in [6, 6.07) is 0. The highest BCUT2D eigenvalue weighted by molar-refractivity contribution is 9.10. The Labute approximate surface area is 75.0 Å². The van der Waals surface area contributed by atoms with E-state index in [1.807, 2.05) is 19.5 Å². The predicted molar refractivity (Wildman–Crippen MR) is 50.9 cm³/mol. The van der Waals surface area contributed by atoms with Crippen molar-refractivity contribution in [1.82, 2.24) is 9.78 Å². The molecular weight excluding hydrogens is 227 g/mol. The van der Waals surface area contributed by atoms with E-state index in [4.69, 9.17) is 0 Å². The summed E-state index contributed by atoms with van der Waals surface area (Å²) in [5.41, 5.74) is 0. The summed E-state index contributed by atoms with van der Waals surface area (Å²) in [7, 11) is -1.74. The second-order valence-electron chi connectivity index (χ2n) is 2.96. The van der Waals surface area contributed by atoms with E-state index >= 15 is 0 Å². The standard InChI is InChI=1S/C6H11BrN2OP/c1-11(2,10)5-9-4-6(7)3-8-9/h3-4,10H,5H2,1-2H3/q+1. The Morgan fingerprint density at radius 1 is 1.73 bits per heavy atom. The summed E-state index contributed by atoms with van der Waals surface area (Å²) in [6.45, 7) is 3.73. The van der Waals surface area contributed by atoms with Gasteiger partial charge in [0.15, 0.2) is 13.8 Å². The first-order valence-corrected chi connectivity index (χ1v) is 6.82. The highest BCUT2D eigenvalue weighted by Gasteiger charge is 2.21. The van der Waals surface area contributed by atoms with E-state index in [9.17, 15) is 4.89 Å². The molecule has 0 aliphatic heterocycles. The smallest absolute Gasteiger partial charge is 0.176 e. The number of hydrogen-bond donors (Lipinski definition) is 1. The van der Waals surface area contributed by atoms with E-state index in [2.05, 4.69) is 21.0 Å². The topological polar surface area (TPSA) is 38.0 Å². The number of aromatic nitrogens is 2. The lowest BCUT2D eigenvalue weighted by atomic mass is 10.8. The zero-order valence-electron chi connectivity index (χ0n) is 6.53. The molecule has 0 aliphatic rings. The zero-order chi connectivity index (χ0) is 8.48. The van der Waals surface area contributed by atoms with Crippen molar-refractivity contribution >= 4 is 23.4 Å². The Bertz CT molecular complexity index is 243. The molecule has 0 spiro atoms. The fourth-order valence-electron chi connectivity index (χ4n) is 0.770. The van der Waals surface area contributed by atoms with Crippen molar-refractivity contribution in [2.45, 2.75) is 6.29 Å². The van der Waals surface area contributed by atoms with Crippen LogP contribution in [-0.2, 0) is 6.29 Å². The fourth-order valence-corrected chi connectivity index (χ4v) is 1.96. The molecule has 1 N–H and O–H groups in total. The molecule has 11 heavy (non-hydrogen) atoms. The van der Waals surface area contributed by atoms with Gasteiger partial charge in [0.25, 0.3) is 0 Å². The van der Waals surface area contributed by atoms with Crippen LogP contribution in [0.2, 0.25) is 0 Å². The van der Waals surface area contributed by atoms with Crippen molar-refractivity contribution in [3.63, 3.8) is 0 Å². The maximum absolute atomic E-state index is 9.52. The molecule has 0 radical (unpaired) electrons. The molecule has 1 heterocycles. The van der Waals surface area contributed by atoms with Gasteiger partial charge in [0.1, 0.15) is 0 Å². The molecule has 0 atom stereocenters. The third kappa shape index (κ3) is 3.32. The third-order valence-electron chi connectivity index (χ3n) is 1.09. The molecular formula is C6H11BrN2OP+. The van der Waals surface area contributed by atoms with Crippen LogP contribution in [0.5, 0.6) is 0 Å². The lowest BCUT2D eigenvalue weighted by Crippen LogP contribution is -2.01. The van der Waals surface area contributed by atoms with E-state index in [0.717, 1.165) is 4.47 Å². The molecule has 1 aromatic heterocycles. The fraction of sp³-hybridized carbons (Fsp3) is 0.500. The van der Waals surface area contributed by atoms with Gasteiger partial charge in [-0.1, -0.05) is 0 Å². The number of nitrogens with zero attached hydrogens (tertiary/aromatic N) is 2. The predicted octanol–water partition coefficient (Wildman–Crippen LogP) is 1.79. The van der Waals surface area contributed by atoms with Gasteiger partial charge in [-0.3, -0.25) is 4.89 Å². The summed E-state index contributed by atoms with van der Waals surface area (Å²) in [5.74, 6) is 0. The second kappa shape index (κ2) is 3.21. The van der Waals surface area contributed by atoms with E-state index in [1.165, 1.54) is 0 Å². The molecule has 0 bridgehead atoms. The summed E-state index contributed by atoms with van der Waals surface area (Å²) in [6.07, 6.45) is 4.20. The quantitative estimate of drug-likeness (QED) is 0.797. The van der Waals surface area contributed by atoms with Gasteiger partial charge in [-0.25, -0.2) is 4.68 Å². The lowest BCUT2D eigenvalue weighted by molar-refractivity contribution is 0.583. The number of rotatable bonds is 2. The molecule has 0 unspecified atom stereocenters. The molecule has 0 aliphatic carbocycles. The number of halogens is 1. The van der Waals surface area contributed by atoms with Crippen LogP contribution in [0.4, 0.5) is 0 Å². The van der Waals surface area contributed by atoms with Crippen molar-refractivity contribution in [2.24, 2.45) is 0 Å². The van der Waals surface area contributed by atoms with E-state index in [-0.39, 0.29) is 0 Å². The minimum atomic E-state index is -1.74. The first-order valence-electron chi connectivity index (χ1n) is 3.21. The van der Waals surface area contributed by atoms with Crippen LogP contribution in [0.15, 0.2) is 16.9 Å². The van der Waals surface area contributed by atoms with Gasteiger partial charge < -0.3 is 0 Å². The van der Waals surface area contributed by atoms with Crippen molar-refractivity contribution in [2.75, 3.05) is 13.3 Å². The van der Waals surface area contributed by atoms with Gasteiger partial charge in [-0.15, -0.1) is 0 Å².